The van der Waals surface area contributed by atoms with Gasteiger partial charge in [-0.3, -0.25) is 0 Å². The minimum absolute atomic E-state index is 0.343. The smallest absolute Gasteiger partial charge is 0.320 e. The average Bonchev–Trinajstić information content (AvgIpc) is 3.08. The zero-order valence-electron chi connectivity index (χ0n) is 11.6. The molecule has 1 aromatic heterocycles. The summed E-state index contributed by atoms with van der Waals surface area (Å²) in [5.74, 6) is 0.398. The Morgan fingerprint density at radius 1 is 1.00 bits per heavy atom. The molecule has 22 heavy (non-hydrogen) atoms. The second kappa shape index (κ2) is 6.49. The first-order valence-electron chi connectivity index (χ1n) is 6.74. The SMILES string of the molecule is O=C(Nc1ccccc1)N[C@H](c1ccccc1)c1nn[nH]n1. The molecule has 0 aliphatic carbocycles. The van der Waals surface area contributed by atoms with E-state index in [-0.39, 0.29) is 6.03 Å². The number of amides is 2. The van der Waals surface area contributed by atoms with Crippen LogP contribution in [0.4, 0.5) is 10.5 Å². The van der Waals surface area contributed by atoms with E-state index in [0.717, 1.165) is 5.56 Å². The Kier molecular flexibility index (Phi) is 4.05. The molecule has 2 amide bonds. The van der Waals surface area contributed by atoms with E-state index in [2.05, 4.69) is 31.3 Å². The van der Waals surface area contributed by atoms with Crippen molar-refractivity contribution in [2.24, 2.45) is 0 Å². The number of nitrogens with zero attached hydrogens (tertiary/aromatic N) is 3. The maximum Gasteiger partial charge on any atom is 0.320 e. The van der Waals surface area contributed by atoms with Crippen molar-refractivity contribution in [3.63, 3.8) is 0 Å². The Balaban J connectivity index is 1.77. The van der Waals surface area contributed by atoms with E-state index in [4.69, 9.17) is 0 Å². The Morgan fingerprint density at radius 3 is 2.32 bits per heavy atom. The van der Waals surface area contributed by atoms with Crippen LogP contribution in [0, 0.1) is 0 Å². The Bertz CT molecular complexity index is 714. The van der Waals surface area contributed by atoms with Gasteiger partial charge in [0.1, 0.15) is 6.04 Å². The maximum absolute atomic E-state index is 12.2. The molecule has 2 aromatic carbocycles. The van der Waals surface area contributed by atoms with Crippen LogP contribution in [0.5, 0.6) is 0 Å². The maximum atomic E-state index is 12.2. The van der Waals surface area contributed by atoms with E-state index in [1.807, 2.05) is 60.7 Å². The van der Waals surface area contributed by atoms with Crippen molar-refractivity contribution in [3.05, 3.63) is 72.1 Å². The van der Waals surface area contributed by atoms with Gasteiger partial charge in [0, 0.05) is 5.69 Å². The molecule has 1 heterocycles. The number of carbonyl (C=O) groups is 1. The molecule has 0 radical (unpaired) electrons. The molecule has 3 aromatic rings. The van der Waals surface area contributed by atoms with Gasteiger partial charge in [0.25, 0.3) is 0 Å². The third-order valence-electron chi connectivity index (χ3n) is 3.06. The number of hydrogen-bond acceptors (Lipinski definition) is 4. The van der Waals surface area contributed by atoms with E-state index in [9.17, 15) is 4.79 Å². The van der Waals surface area contributed by atoms with E-state index in [0.29, 0.717) is 11.5 Å². The highest BCUT2D eigenvalue weighted by Crippen LogP contribution is 2.18. The van der Waals surface area contributed by atoms with E-state index in [1.54, 1.807) is 0 Å². The molecule has 1 atom stereocenters. The number of benzene rings is 2. The molecule has 3 N–H and O–H groups in total. The molecule has 0 bridgehead atoms. The monoisotopic (exact) mass is 294 g/mol. The predicted octanol–water partition coefficient (Wildman–Crippen LogP) is 2.11. The van der Waals surface area contributed by atoms with E-state index in [1.165, 1.54) is 0 Å². The largest absolute Gasteiger partial charge is 0.324 e. The minimum atomic E-state index is -0.483. The zero-order chi connectivity index (χ0) is 15.2. The van der Waals surface area contributed by atoms with Crippen LogP contribution in [0.3, 0.4) is 0 Å². The summed E-state index contributed by atoms with van der Waals surface area (Å²) in [4.78, 5) is 12.2. The first kappa shape index (κ1) is 13.7. The van der Waals surface area contributed by atoms with Crippen LogP contribution in [0.15, 0.2) is 60.7 Å². The molecule has 0 fully saturated rings. The van der Waals surface area contributed by atoms with Gasteiger partial charge >= 0.3 is 6.03 Å². The van der Waals surface area contributed by atoms with Crippen LogP contribution >= 0.6 is 0 Å². The molecule has 0 saturated heterocycles. The zero-order valence-corrected chi connectivity index (χ0v) is 11.6. The highest BCUT2D eigenvalue weighted by atomic mass is 16.2. The number of urea groups is 1. The topological polar surface area (TPSA) is 95.6 Å². The number of rotatable bonds is 4. The lowest BCUT2D eigenvalue weighted by Crippen LogP contribution is -2.33. The van der Waals surface area contributed by atoms with Crippen LogP contribution in [0.25, 0.3) is 0 Å². The van der Waals surface area contributed by atoms with Gasteiger partial charge in [-0.2, -0.15) is 5.21 Å². The molecule has 0 unspecified atom stereocenters. The van der Waals surface area contributed by atoms with Crippen molar-refractivity contribution >= 4 is 11.7 Å². The molecular formula is C15H14N6O. The molecule has 0 aliphatic rings. The molecule has 0 aliphatic heterocycles. The summed E-state index contributed by atoms with van der Waals surface area (Å²) < 4.78 is 0. The number of nitrogens with one attached hydrogen (secondary N) is 3. The highest BCUT2D eigenvalue weighted by Gasteiger charge is 2.20. The normalized spacial score (nSPS) is 11.6. The van der Waals surface area contributed by atoms with Crippen molar-refractivity contribution in [2.45, 2.75) is 6.04 Å². The number of aromatic amines is 1. The molecular weight excluding hydrogens is 280 g/mol. The van der Waals surface area contributed by atoms with Crippen LogP contribution in [0.2, 0.25) is 0 Å². The first-order valence-corrected chi connectivity index (χ1v) is 6.74. The third-order valence-corrected chi connectivity index (χ3v) is 3.06. The van der Waals surface area contributed by atoms with Crippen molar-refractivity contribution in [3.8, 4) is 0 Å². The fourth-order valence-corrected chi connectivity index (χ4v) is 2.05. The van der Waals surface area contributed by atoms with Gasteiger partial charge in [0.15, 0.2) is 0 Å². The molecule has 110 valence electrons. The Morgan fingerprint density at radius 2 is 1.68 bits per heavy atom. The van der Waals surface area contributed by atoms with Gasteiger partial charge in [-0.1, -0.05) is 53.7 Å². The highest BCUT2D eigenvalue weighted by molar-refractivity contribution is 5.89. The Labute approximate surface area is 126 Å². The number of anilines is 1. The van der Waals surface area contributed by atoms with Crippen LogP contribution < -0.4 is 10.6 Å². The quantitative estimate of drug-likeness (QED) is 0.686. The van der Waals surface area contributed by atoms with Gasteiger partial charge < -0.3 is 10.6 Å². The molecule has 0 saturated carbocycles. The summed E-state index contributed by atoms with van der Waals surface area (Å²) in [5, 5.41) is 19.5. The summed E-state index contributed by atoms with van der Waals surface area (Å²) >= 11 is 0. The number of para-hydroxylation sites is 1. The standard InChI is InChI=1S/C15H14N6O/c22-15(16-12-9-5-2-6-10-12)17-13(14-18-20-21-19-14)11-7-3-1-4-8-11/h1-10,13H,(H2,16,17,22)(H,18,19,20,21)/t13-/m1/s1. The summed E-state index contributed by atoms with van der Waals surface area (Å²) in [6, 6.07) is 17.8. The van der Waals surface area contributed by atoms with Crippen molar-refractivity contribution < 1.29 is 4.79 Å². The lowest BCUT2D eigenvalue weighted by molar-refractivity contribution is 0.249. The number of hydrogen-bond donors (Lipinski definition) is 3. The van der Waals surface area contributed by atoms with Crippen LogP contribution in [-0.2, 0) is 0 Å². The Hall–Kier alpha value is -3.22. The number of aromatic nitrogens is 4. The average molecular weight is 294 g/mol. The fraction of sp³-hybridized carbons (Fsp3) is 0.0667. The number of carbonyl (C=O) groups excluding carboxylic acids is 1. The second-order valence-corrected chi connectivity index (χ2v) is 4.58. The lowest BCUT2D eigenvalue weighted by atomic mass is 10.1. The molecule has 0 spiro atoms. The van der Waals surface area contributed by atoms with E-state index < -0.39 is 6.04 Å². The first-order chi connectivity index (χ1) is 10.8. The second-order valence-electron chi connectivity index (χ2n) is 4.58. The molecule has 3 rings (SSSR count). The third kappa shape index (κ3) is 3.26. The van der Waals surface area contributed by atoms with Crippen LogP contribution in [0.1, 0.15) is 17.4 Å². The predicted molar refractivity (Wildman–Crippen MR) is 81.1 cm³/mol. The summed E-state index contributed by atoms with van der Waals surface area (Å²) in [7, 11) is 0. The molecule has 7 heteroatoms. The van der Waals surface area contributed by atoms with Crippen molar-refractivity contribution in [2.75, 3.05) is 5.32 Å². The number of H-pyrrole nitrogens is 1. The van der Waals surface area contributed by atoms with Crippen LogP contribution in [-0.4, -0.2) is 26.7 Å². The van der Waals surface area contributed by atoms with Gasteiger partial charge in [-0.05, 0) is 17.7 Å². The minimum Gasteiger partial charge on any atom is -0.324 e. The van der Waals surface area contributed by atoms with Gasteiger partial charge in [-0.25, -0.2) is 4.79 Å². The summed E-state index contributed by atoms with van der Waals surface area (Å²) in [5.41, 5.74) is 1.58. The van der Waals surface area contributed by atoms with Gasteiger partial charge in [0.05, 0.1) is 0 Å². The van der Waals surface area contributed by atoms with Crippen molar-refractivity contribution in [1.82, 2.24) is 25.9 Å². The molecule has 7 nitrogen and oxygen atoms in total. The lowest BCUT2D eigenvalue weighted by Gasteiger charge is -2.16. The summed E-state index contributed by atoms with van der Waals surface area (Å²) in [6.45, 7) is 0. The summed E-state index contributed by atoms with van der Waals surface area (Å²) in [6.07, 6.45) is 0. The van der Waals surface area contributed by atoms with Gasteiger partial charge in [-0.15, -0.1) is 10.2 Å². The van der Waals surface area contributed by atoms with Gasteiger partial charge in [0.2, 0.25) is 5.82 Å². The van der Waals surface area contributed by atoms with Crippen molar-refractivity contribution in [1.29, 1.82) is 0 Å². The van der Waals surface area contributed by atoms with E-state index >= 15 is 0 Å². The number of tetrazole rings is 1. The fourth-order valence-electron chi connectivity index (χ4n) is 2.05.